The molecule has 3 nitrogen and oxygen atoms in total. The summed E-state index contributed by atoms with van der Waals surface area (Å²) in [5, 5.41) is 9.82. The molecule has 1 N–H and O–H groups in total. The molecule has 0 fully saturated rings. The quantitative estimate of drug-likeness (QED) is 0.778. The van der Waals surface area contributed by atoms with Gasteiger partial charge in [0.25, 0.3) is 0 Å². The molecule has 0 aliphatic rings. The average molecular weight is 288 g/mol. The van der Waals surface area contributed by atoms with Gasteiger partial charge in [0.15, 0.2) is 6.29 Å². The molecule has 1 aromatic carbocycles. The first-order chi connectivity index (χ1) is 9.31. The van der Waals surface area contributed by atoms with Crippen LogP contribution < -0.4 is 0 Å². The molecule has 20 heavy (non-hydrogen) atoms. The number of aliphatic hydroxyl groups is 1. The summed E-state index contributed by atoms with van der Waals surface area (Å²) in [6, 6.07) is 2.22. The average Bonchev–Trinajstić information content (AvgIpc) is 2.33. The zero-order valence-electron chi connectivity index (χ0n) is 12.4. The molecule has 1 rings (SSSR count). The molecule has 0 aliphatic carbocycles. The molecular formula is C15H22F2O3. The van der Waals surface area contributed by atoms with E-state index in [0.29, 0.717) is 13.0 Å². The van der Waals surface area contributed by atoms with Gasteiger partial charge in [0.2, 0.25) is 0 Å². The second-order valence-electron chi connectivity index (χ2n) is 5.07. The number of rotatable bonds is 7. The zero-order valence-corrected chi connectivity index (χ0v) is 12.4. The summed E-state index contributed by atoms with van der Waals surface area (Å²) in [5.41, 5.74) is -1.40. The second-order valence-corrected chi connectivity index (χ2v) is 5.07. The van der Waals surface area contributed by atoms with Gasteiger partial charge in [-0.25, -0.2) is 8.78 Å². The number of hydrogen-bond acceptors (Lipinski definition) is 3. The summed E-state index contributed by atoms with van der Waals surface area (Å²) in [4.78, 5) is 0. The molecule has 1 aromatic rings. The Balaban J connectivity index is 3.15. The summed E-state index contributed by atoms with van der Waals surface area (Å²) >= 11 is 0. The van der Waals surface area contributed by atoms with Crippen molar-refractivity contribution < 1.29 is 23.4 Å². The van der Waals surface area contributed by atoms with Crippen molar-refractivity contribution >= 4 is 0 Å². The van der Waals surface area contributed by atoms with Crippen LogP contribution in [0.3, 0.4) is 0 Å². The molecule has 0 radical (unpaired) electrons. The third-order valence-electron chi connectivity index (χ3n) is 2.81. The van der Waals surface area contributed by atoms with Gasteiger partial charge in [0.1, 0.15) is 11.6 Å². The maximum Gasteiger partial charge on any atom is 0.189 e. The smallest absolute Gasteiger partial charge is 0.189 e. The Labute approximate surface area is 118 Å². The monoisotopic (exact) mass is 288 g/mol. The number of hydrogen-bond donors (Lipinski definition) is 1. The minimum Gasteiger partial charge on any atom is -0.386 e. The minimum atomic E-state index is -1.31. The molecule has 114 valence electrons. The summed E-state index contributed by atoms with van der Waals surface area (Å²) in [6.45, 7) is 7.18. The number of halogens is 2. The molecule has 5 heteroatoms. The van der Waals surface area contributed by atoms with Crippen molar-refractivity contribution in [1.82, 2.24) is 0 Å². The standard InChI is InChI=1S/C15H22F2O3/c1-5-7-20-14(19-6-2)13-11(16)8-10(9-12(13)17)15(3,4)18/h8-9,14,18H,5-7H2,1-4H3. The predicted octanol–water partition coefficient (Wildman–Crippen LogP) is 3.65. The van der Waals surface area contributed by atoms with E-state index in [1.807, 2.05) is 6.92 Å². The van der Waals surface area contributed by atoms with Crippen LogP contribution in [-0.2, 0) is 15.1 Å². The van der Waals surface area contributed by atoms with Crippen molar-refractivity contribution in [2.45, 2.75) is 46.0 Å². The van der Waals surface area contributed by atoms with Crippen LogP contribution in [0.2, 0.25) is 0 Å². The Morgan fingerprint density at radius 3 is 2.10 bits per heavy atom. The highest BCUT2D eigenvalue weighted by Crippen LogP contribution is 2.30. The van der Waals surface area contributed by atoms with E-state index in [1.165, 1.54) is 13.8 Å². The van der Waals surface area contributed by atoms with Crippen molar-refractivity contribution in [3.63, 3.8) is 0 Å². The van der Waals surface area contributed by atoms with Crippen LogP contribution in [0, 0.1) is 11.6 Å². The van der Waals surface area contributed by atoms with E-state index in [2.05, 4.69) is 0 Å². The first kappa shape index (κ1) is 17.0. The van der Waals surface area contributed by atoms with Gasteiger partial charge in [-0.2, -0.15) is 0 Å². The van der Waals surface area contributed by atoms with Crippen LogP contribution in [0.1, 0.15) is 51.5 Å². The van der Waals surface area contributed by atoms with Gasteiger partial charge in [-0.1, -0.05) is 6.92 Å². The van der Waals surface area contributed by atoms with Gasteiger partial charge in [-0.15, -0.1) is 0 Å². The summed E-state index contributed by atoms with van der Waals surface area (Å²) < 4.78 is 38.9. The first-order valence-corrected chi connectivity index (χ1v) is 6.76. The molecular weight excluding hydrogens is 266 g/mol. The fourth-order valence-electron chi connectivity index (χ4n) is 1.75. The highest BCUT2D eigenvalue weighted by Gasteiger charge is 2.26. The fourth-order valence-corrected chi connectivity index (χ4v) is 1.75. The lowest BCUT2D eigenvalue weighted by molar-refractivity contribution is -0.146. The Kier molecular flexibility index (Phi) is 6.05. The van der Waals surface area contributed by atoms with Gasteiger partial charge in [0, 0.05) is 13.2 Å². The van der Waals surface area contributed by atoms with Crippen LogP contribution in [0.15, 0.2) is 12.1 Å². The van der Waals surface area contributed by atoms with Gasteiger partial charge in [0.05, 0.1) is 11.2 Å². The number of benzene rings is 1. The largest absolute Gasteiger partial charge is 0.386 e. The van der Waals surface area contributed by atoms with Gasteiger partial charge in [-0.05, 0) is 44.9 Å². The maximum atomic E-state index is 14.1. The molecule has 0 heterocycles. The van der Waals surface area contributed by atoms with E-state index in [-0.39, 0.29) is 17.7 Å². The van der Waals surface area contributed by atoms with Crippen LogP contribution in [0.5, 0.6) is 0 Å². The Hall–Kier alpha value is -1.04. The molecule has 0 saturated carbocycles. The van der Waals surface area contributed by atoms with Crippen LogP contribution in [-0.4, -0.2) is 18.3 Å². The lowest BCUT2D eigenvalue weighted by Gasteiger charge is -2.22. The minimum absolute atomic E-state index is 0.169. The molecule has 0 amide bonds. The van der Waals surface area contributed by atoms with Crippen molar-refractivity contribution in [2.75, 3.05) is 13.2 Å². The van der Waals surface area contributed by atoms with Crippen LogP contribution in [0.4, 0.5) is 8.78 Å². The number of ether oxygens (including phenoxy) is 2. The summed E-state index contributed by atoms with van der Waals surface area (Å²) in [6.07, 6.45) is -0.356. The van der Waals surface area contributed by atoms with E-state index in [9.17, 15) is 13.9 Å². The van der Waals surface area contributed by atoms with Crippen molar-refractivity contribution in [3.05, 3.63) is 34.9 Å². The predicted molar refractivity (Wildman–Crippen MR) is 72.2 cm³/mol. The third kappa shape index (κ3) is 4.23. The molecule has 0 bridgehead atoms. The SMILES string of the molecule is CCCOC(OCC)c1c(F)cc(C(C)(C)O)cc1F. The maximum absolute atomic E-state index is 14.1. The summed E-state index contributed by atoms with van der Waals surface area (Å²) in [7, 11) is 0. The van der Waals surface area contributed by atoms with E-state index < -0.39 is 23.5 Å². The first-order valence-electron chi connectivity index (χ1n) is 6.76. The lowest BCUT2D eigenvalue weighted by atomic mass is 9.96. The highest BCUT2D eigenvalue weighted by molar-refractivity contribution is 5.30. The van der Waals surface area contributed by atoms with E-state index in [0.717, 1.165) is 12.1 Å². The van der Waals surface area contributed by atoms with Crippen LogP contribution in [0.25, 0.3) is 0 Å². The van der Waals surface area contributed by atoms with Crippen LogP contribution >= 0.6 is 0 Å². The normalized spacial score (nSPS) is 13.6. The zero-order chi connectivity index (χ0) is 15.3. The van der Waals surface area contributed by atoms with E-state index >= 15 is 0 Å². The van der Waals surface area contributed by atoms with Crippen molar-refractivity contribution in [1.29, 1.82) is 0 Å². The van der Waals surface area contributed by atoms with E-state index in [1.54, 1.807) is 6.92 Å². The van der Waals surface area contributed by atoms with Crippen molar-refractivity contribution in [3.8, 4) is 0 Å². The highest BCUT2D eigenvalue weighted by atomic mass is 19.1. The molecule has 1 atom stereocenters. The molecule has 1 unspecified atom stereocenters. The van der Waals surface area contributed by atoms with Gasteiger partial charge < -0.3 is 14.6 Å². The molecule has 0 spiro atoms. The Morgan fingerprint density at radius 2 is 1.70 bits per heavy atom. The fraction of sp³-hybridized carbons (Fsp3) is 0.600. The Morgan fingerprint density at radius 1 is 1.15 bits per heavy atom. The molecule has 0 saturated heterocycles. The summed E-state index contributed by atoms with van der Waals surface area (Å²) in [5.74, 6) is -1.56. The van der Waals surface area contributed by atoms with Gasteiger partial charge >= 0.3 is 0 Å². The second kappa shape index (κ2) is 7.11. The van der Waals surface area contributed by atoms with Crippen molar-refractivity contribution in [2.24, 2.45) is 0 Å². The topological polar surface area (TPSA) is 38.7 Å². The van der Waals surface area contributed by atoms with Gasteiger partial charge in [-0.3, -0.25) is 0 Å². The Bertz CT molecular complexity index is 418. The lowest BCUT2D eigenvalue weighted by Crippen LogP contribution is -2.19. The molecule has 0 aliphatic heterocycles. The third-order valence-corrected chi connectivity index (χ3v) is 2.81. The van der Waals surface area contributed by atoms with E-state index in [4.69, 9.17) is 9.47 Å². The molecule has 0 aromatic heterocycles.